The highest BCUT2D eigenvalue weighted by molar-refractivity contribution is 5.79. The standard InChI is InChI=1S/C18H18N6O.2C2H4O2/c1-11(25)17-22-14-10-13(3-4-15(14)23(17)2)24-8-7-21-18(24)12-5-6-20-16(19)9-12;2*1-2(3)4/h3-11,25H,1-2H3,(H2,19,20);2*1H3,(H,3,4). The molecule has 33 heavy (non-hydrogen) atoms. The zero-order valence-electron chi connectivity index (χ0n) is 18.7. The van der Waals surface area contributed by atoms with Crippen molar-refractivity contribution in [2.45, 2.75) is 26.9 Å². The number of anilines is 1. The van der Waals surface area contributed by atoms with Crippen molar-refractivity contribution < 1.29 is 24.9 Å². The minimum absolute atomic E-state index is 0.453. The molecule has 3 heterocycles. The number of carboxylic acids is 2. The summed E-state index contributed by atoms with van der Waals surface area (Å²) in [6.07, 6.45) is 4.69. The molecule has 3 aromatic heterocycles. The summed E-state index contributed by atoms with van der Waals surface area (Å²) >= 11 is 0. The Kier molecular flexibility index (Phi) is 8.24. The lowest BCUT2D eigenvalue weighted by molar-refractivity contribution is -0.135. The number of nitrogens with zero attached hydrogens (tertiary/aromatic N) is 5. The largest absolute Gasteiger partial charge is 0.481 e. The first-order chi connectivity index (χ1) is 15.5. The lowest BCUT2D eigenvalue weighted by atomic mass is 10.2. The molecule has 4 aromatic rings. The van der Waals surface area contributed by atoms with Gasteiger partial charge in [-0.25, -0.2) is 15.0 Å². The summed E-state index contributed by atoms with van der Waals surface area (Å²) in [7, 11) is 1.90. The number of hydrogen-bond donors (Lipinski definition) is 4. The van der Waals surface area contributed by atoms with Gasteiger partial charge in [-0.15, -0.1) is 0 Å². The first-order valence-electron chi connectivity index (χ1n) is 9.80. The van der Waals surface area contributed by atoms with Gasteiger partial charge >= 0.3 is 0 Å². The van der Waals surface area contributed by atoms with Crippen LogP contribution in [0.5, 0.6) is 0 Å². The average Bonchev–Trinajstić information content (AvgIpc) is 3.32. The van der Waals surface area contributed by atoms with Gasteiger partial charge in [0.1, 0.15) is 23.6 Å². The van der Waals surface area contributed by atoms with Gasteiger partial charge in [-0.05, 0) is 37.3 Å². The number of imidazole rings is 2. The second kappa shape index (κ2) is 10.9. The number of fused-ring (bicyclic) bond motifs is 1. The number of aromatic nitrogens is 5. The number of benzene rings is 1. The fourth-order valence-electron chi connectivity index (χ4n) is 3.04. The highest BCUT2D eigenvalue weighted by atomic mass is 16.4. The topological polar surface area (TPSA) is 169 Å². The second-order valence-corrected chi connectivity index (χ2v) is 7.01. The van der Waals surface area contributed by atoms with Crippen molar-refractivity contribution in [2.24, 2.45) is 7.05 Å². The summed E-state index contributed by atoms with van der Waals surface area (Å²) in [5.41, 5.74) is 9.41. The fraction of sp³-hybridized carbons (Fsp3) is 0.227. The molecule has 0 aliphatic heterocycles. The molecular formula is C22H26N6O5. The number of nitrogen functional groups attached to an aromatic ring is 1. The summed E-state index contributed by atoms with van der Waals surface area (Å²) in [5.74, 6) is 0.203. The molecule has 0 amide bonds. The number of pyridine rings is 1. The molecular weight excluding hydrogens is 428 g/mol. The van der Waals surface area contributed by atoms with Crippen LogP contribution in [0.1, 0.15) is 32.7 Å². The molecule has 0 saturated heterocycles. The summed E-state index contributed by atoms with van der Waals surface area (Å²) < 4.78 is 3.88. The highest BCUT2D eigenvalue weighted by Crippen LogP contribution is 2.26. The lowest BCUT2D eigenvalue weighted by Crippen LogP contribution is -2.01. The average molecular weight is 454 g/mol. The number of carbonyl (C=O) groups is 2. The molecule has 1 atom stereocenters. The molecule has 4 rings (SSSR count). The van der Waals surface area contributed by atoms with E-state index in [0.29, 0.717) is 11.6 Å². The van der Waals surface area contributed by atoms with Crippen LogP contribution < -0.4 is 5.73 Å². The minimum atomic E-state index is -0.833. The van der Waals surface area contributed by atoms with Crippen molar-refractivity contribution in [3.8, 4) is 17.1 Å². The predicted octanol–water partition coefficient (Wildman–Crippen LogP) is 2.64. The fourth-order valence-corrected chi connectivity index (χ4v) is 3.04. The number of nitrogens with two attached hydrogens (primary N) is 1. The van der Waals surface area contributed by atoms with Gasteiger partial charge in [0.2, 0.25) is 0 Å². The first kappa shape index (κ1) is 25.0. The van der Waals surface area contributed by atoms with Crippen molar-refractivity contribution in [1.82, 2.24) is 24.1 Å². The molecule has 0 radical (unpaired) electrons. The Morgan fingerprint density at radius 1 is 1.03 bits per heavy atom. The third-order valence-electron chi connectivity index (χ3n) is 4.23. The van der Waals surface area contributed by atoms with Crippen molar-refractivity contribution in [3.05, 3.63) is 54.7 Å². The molecule has 0 bridgehead atoms. The molecule has 0 aliphatic carbocycles. The number of aliphatic hydroxyl groups excluding tert-OH is 1. The van der Waals surface area contributed by atoms with Gasteiger partial charge in [0, 0.05) is 50.7 Å². The Labute approximate surface area is 189 Å². The van der Waals surface area contributed by atoms with E-state index in [0.717, 1.165) is 42.0 Å². The maximum Gasteiger partial charge on any atom is 0.300 e. The van der Waals surface area contributed by atoms with Crippen molar-refractivity contribution in [2.75, 3.05) is 5.73 Å². The number of hydrogen-bond acceptors (Lipinski definition) is 7. The summed E-state index contributed by atoms with van der Waals surface area (Å²) in [4.78, 5) is 31.0. The smallest absolute Gasteiger partial charge is 0.300 e. The van der Waals surface area contributed by atoms with Crippen molar-refractivity contribution >= 4 is 28.8 Å². The maximum atomic E-state index is 9.86. The van der Waals surface area contributed by atoms with Crippen molar-refractivity contribution in [3.63, 3.8) is 0 Å². The highest BCUT2D eigenvalue weighted by Gasteiger charge is 2.14. The number of aliphatic hydroxyl groups is 1. The Hall–Kier alpha value is -4.25. The Bertz CT molecular complexity index is 1240. The third-order valence-corrected chi connectivity index (χ3v) is 4.23. The lowest BCUT2D eigenvalue weighted by Gasteiger charge is -2.08. The normalized spacial score (nSPS) is 11.1. The van der Waals surface area contributed by atoms with E-state index < -0.39 is 18.0 Å². The number of aliphatic carboxylic acids is 2. The van der Waals surface area contributed by atoms with Crippen LogP contribution in [0.15, 0.2) is 48.9 Å². The van der Waals surface area contributed by atoms with Gasteiger partial charge in [-0.2, -0.15) is 0 Å². The van der Waals surface area contributed by atoms with Crippen LogP contribution in [-0.2, 0) is 16.6 Å². The zero-order chi connectivity index (χ0) is 24.7. The Morgan fingerprint density at radius 2 is 1.67 bits per heavy atom. The number of aryl methyl sites for hydroxylation is 1. The van der Waals surface area contributed by atoms with E-state index in [1.54, 1.807) is 25.4 Å². The second-order valence-electron chi connectivity index (χ2n) is 7.01. The maximum absolute atomic E-state index is 9.86. The van der Waals surface area contributed by atoms with Gasteiger partial charge in [0.25, 0.3) is 11.9 Å². The zero-order valence-corrected chi connectivity index (χ0v) is 18.7. The Morgan fingerprint density at radius 3 is 2.24 bits per heavy atom. The first-order valence-corrected chi connectivity index (χ1v) is 9.80. The van der Waals surface area contributed by atoms with E-state index >= 15 is 0 Å². The molecule has 0 spiro atoms. The van der Waals surface area contributed by atoms with Crippen LogP contribution in [0.3, 0.4) is 0 Å². The molecule has 11 heteroatoms. The van der Waals surface area contributed by atoms with Crippen LogP contribution in [0.4, 0.5) is 5.82 Å². The van der Waals surface area contributed by atoms with Gasteiger partial charge in [-0.3, -0.25) is 14.2 Å². The number of carboxylic acid groups (broad SMARTS) is 2. The van der Waals surface area contributed by atoms with E-state index in [-0.39, 0.29) is 0 Å². The molecule has 0 aliphatic rings. The van der Waals surface area contributed by atoms with Gasteiger partial charge < -0.3 is 25.6 Å². The molecule has 1 aromatic carbocycles. The summed E-state index contributed by atoms with van der Waals surface area (Å²) in [5, 5.41) is 24.7. The van der Waals surface area contributed by atoms with Gasteiger partial charge in [0.15, 0.2) is 0 Å². The molecule has 0 fully saturated rings. The van der Waals surface area contributed by atoms with Crippen molar-refractivity contribution in [1.29, 1.82) is 0 Å². The molecule has 11 nitrogen and oxygen atoms in total. The molecule has 174 valence electrons. The van der Waals surface area contributed by atoms with Gasteiger partial charge in [0.05, 0.1) is 11.0 Å². The third kappa shape index (κ3) is 6.61. The molecule has 0 saturated carbocycles. The van der Waals surface area contributed by atoms with Crippen LogP contribution >= 0.6 is 0 Å². The Balaban J connectivity index is 0.000000420. The SMILES string of the molecule is CC(=O)O.CC(=O)O.CC(O)c1nc2cc(-n3ccnc3-c3ccnc(N)c3)ccc2n1C. The molecule has 5 N–H and O–H groups in total. The summed E-state index contributed by atoms with van der Waals surface area (Å²) in [6, 6.07) is 9.65. The summed E-state index contributed by atoms with van der Waals surface area (Å²) in [6.45, 7) is 3.88. The van der Waals surface area contributed by atoms with E-state index in [2.05, 4.69) is 15.0 Å². The van der Waals surface area contributed by atoms with E-state index in [9.17, 15) is 5.11 Å². The van der Waals surface area contributed by atoms with Crippen LogP contribution in [-0.4, -0.2) is 51.3 Å². The van der Waals surface area contributed by atoms with E-state index in [4.69, 9.17) is 25.5 Å². The van der Waals surface area contributed by atoms with E-state index in [1.807, 2.05) is 46.6 Å². The van der Waals surface area contributed by atoms with E-state index in [1.165, 1.54) is 0 Å². The minimum Gasteiger partial charge on any atom is -0.481 e. The van der Waals surface area contributed by atoms with Crippen LogP contribution in [0, 0.1) is 0 Å². The van der Waals surface area contributed by atoms with Crippen LogP contribution in [0.2, 0.25) is 0 Å². The van der Waals surface area contributed by atoms with Gasteiger partial charge in [-0.1, -0.05) is 0 Å². The predicted molar refractivity (Wildman–Crippen MR) is 123 cm³/mol. The van der Waals surface area contributed by atoms with Crippen LogP contribution in [0.25, 0.3) is 28.1 Å². The monoisotopic (exact) mass is 454 g/mol. The number of rotatable bonds is 3. The quantitative estimate of drug-likeness (QED) is 0.363. The molecule has 1 unspecified atom stereocenters.